The molecule has 2 aliphatic rings. The first-order valence-electron chi connectivity index (χ1n) is 8.37. The van der Waals surface area contributed by atoms with E-state index in [-0.39, 0.29) is 5.91 Å². The van der Waals surface area contributed by atoms with E-state index >= 15 is 0 Å². The van der Waals surface area contributed by atoms with Crippen molar-refractivity contribution >= 4 is 16.8 Å². The maximum atomic E-state index is 12.0. The molecule has 1 saturated heterocycles. The molecule has 0 radical (unpaired) electrons. The lowest BCUT2D eigenvalue weighted by molar-refractivity contribution is -0.122. The quantitative estimate of drug-likeness (QED) is 0.911. The van der Waals surface area contributed by atoms with Crippen LogP contribution in [0.3, 0.4) is 0 Å². The van der Waals surface area contributed by atoms with Crippen LogP contribution in [0.2, 0.25) is 0 Å². The summed E-state index contributed by atoms with van der Waals surface area (Å²) in [6, 6.07) is 8.95. The molecule has 1 aromatic heterocycles. The number of fused-ring (bicyclic) bond motifs is 1. The monoisotopic (exact) mass is 297 g/mol. The standard InChI is InChI=1S/C18H23N3O/c22-18(20-14-7-8-14)12-21-9-3-4-13(11-21)16-10-19-17-6-2-1-5-15(16)17/h1-2,5-6,10,13-14,19H,3-4,7-9,11-12H2,(H,20,22). The zero-order valence-corrected chi connectivity index (χ0v) is 12.8. The van der Waals surface area contributed by atoms with Crippen LogP contribution in [0.1, 0.15) is 37.2 Å². The number of hydrogen-bond donors (Lipinski definition) is 2. The molecule has 1 aromatic carbocycles. The van der Waals surface area contributed by atoms with Crippen LogP contribution in [0.5, 0.6) is 0 Å². The van der Waals surface area contributed by atoms with E-state index in [1.165, 1.54) is 29.3 Å². The molecule has 1 amide bonds. The summed E-state index contributed by atoms with van der Waals surface area (Å²) >= 11 is 0. The normalized spacial score (nSPS) is 22.8. The average molecular weight is 297 g/mol. The topological polar surface area (TPSA) is 48.1 Å². The van der Waals surface area contributed by atoms with Crippen LogP contribution in [-0.4, -0.2) is 41.5 Å². The summed E-state index contributed by atoms with van der Waals surface area (Å²) in [6.45, 7) is 2.58. The van der Waals surface area contributed by atoms with Gasteiger partial charge in [-0.15, -0.1) is 0 Å². The fourth-order valence-corrected chi connectivity index (χ4v) is 3.59. The van der Waals surface area contributed by atoms with E-state index in [9.17, 15) is 4.79 Å². The van der Waals surface area contributed by atoms with Gasteiger partial charge >= 0.3 is 0 Å². The fourth-order valence-electron chi connectivity index (χ4n) is 3.59. The van der Waals surface area contributed by atoms with Crippen molar-refractivity contribution in [2.45, 2.75) is 37.6 Å². The van der Waals surface area contributed by atoms with E-state index in [4.69, 9.17) is 0 Å². The van der Waals surface area contributed by atoms with Crippen molar-refractivity contribution in [2.75, 3.05) is 19.6 Å². The number of benzene rings is 1. The smallest absolute Gasteiger partial charge is 0.234 e. The van der Waals surface area contributed by atoms with E-state index < -0.39 is 0 Å². The van der Waals surface area contributed by atoms with Crippen LogP contribution < -0.4 is 5.32 Å². The number of H-pyrrole nitrogens is 1. The Morgan fingerprint density at radius 3 is 3.00 bits per heavy atom. The SMILES string of the molecule is O=C(CN1CCCC(c2c[nH]c3ccccc23)C1)NC1CC1. The summed E-state index contributed by atoms with van der Waals surface area (Å²) in [7, 11) is 0. The van der Waals surface area contributed by atoms with Crippen molar-refractivity contribution < 1.29 is 4.79 Å². The van der Waals surface area contributed by atoms with Gasteiger partial charge in [0.1, 0.15) is 0 Å². The van der Waals surface area contributed by atoms with Crippen molar-refractivity contribution in [2.24, 2.45) is 0 Å². The molecule has 1 saturated carbocycles. The van der Waals surface area contributed by atoms with E-state index in [1.807, 2.05) is 0 Å². The van der Waals surface area contributed by atoms with Crippen molar-refractivity contribution in [3.63, 3.8) is 0 Å². The first-order valence-corrected chi connectivity index (χ1v) is 8.37. The van der Waals surface area contributed by atoms with E-state index in [0.717, 1.165) is 25.9 Å². The molecule has 1 atom stereocenters. The van der Waals surface area contributed by atoms with Gasteiger partial charge in [0.05, 0.1) is 6.54 Å². The lowest BCUT2D eigenvalue weighted by atomic mass is 9.90. The Kier molecular flexibility index (Phi) is 3.62. The molecule has 2 N–H and O–H groups in total. The maximum Gasteiger partial charge on any atom is 0.234 e. The number of aromatic amines is 1. The molecule has 4 nitrogen and oxygen atoms in total. The Balaban J connectivity index is 1.45. The molecule has 0 spiro atoms. The molecule has 1 aliphatic carbocycles. The molecule has 4 heteroatoms. The Hall–Kier alpha value is -1.81. The molecule has 2 fully saturated rings. The number of likely N-dealkylation sites (tertiary alicyclic amines) is 1. The highest BCUT2D eigenvalue weighted by Crippen LogP contribution is 2.32. The minimum Gasteiger partial charge on any atom is -0.361 e. The van der Waals surface area contributed by atoms with Gasteiger partial charge in [0, 0.05) is 29.7 Å². The van der Waals surface area contributed by atoms with Crippen LogP contribution in [0.15, 0.2) is 30.5 Å². The highest BCUT2D eigenvalue weighted by atomic mass is 16.2. The van der Waals surface area contributed by atoms with Crippen LogP contribution in [0.4, 0.5) is 0 Å². The zero-order valence-electron chi connectivity index (χ0n) is 12.8. The van der Waals surface area contributed by atoms with E-state index in [2.05, 4.69) is 45.7 Å². The predicted octanol–water partition coefficient (Wildman–Crippen LogP) is 2.63. The van der Waals surface area contributed by atoms with Gasteiger partial charge in [0.2, 0.25) is 5.91 Å². The molecule has 22 heavy (non-hydrogen) atoms. The molecule has 1 aliphatic heterocycles. The number of nitrogens with one attached hydrogen (secondary N) is 2. The zero-order chi connectivity index (χ0) is 14.9. The lowest BCUT2D eigenvalue weighted by Crippen LogP contribution is -2.42. The third-order valence-electron chi connectivity index (χ3n) is 4.88. The average Bonchev–Trinajstić information content (AvgIpc) is 3.23. The third kappa shape index (κ3) is 2.88. The molecule has 2 aromatic rings. The Bertz CT molecular complexity index is 674. The van der Waals surface area contributed by atoms with Gasteiger partial charge in [0.25, 0.3) is 0 Å². The highest BCUT2D eigenvalue weighted by Gasteiger charge is 2.27. The summed E-state index contributed by atoms with van der Waals surface area (Å²) < 4.78 is 0. The largest absolute Gasteiger partial charge is 0.361 e. The second-order valence-corrected chi connectivity index (χ2v) is 6.71. The fraction of sp³-hybridized carbons (Fsp3) is 0.500. The minimum atomic E-state index is 0.196. The van der Waals surface area contributed by atoms with Crippen molar-refractivity contribution in [3.8, 4) is 0 Å². The number of carbonyl (C=O) groups excluding carboxylic acids is 1. The summed E-state index contributed by atoms with van der Waals surface area (Å²) in [5, 5.41) is 4.42. The number of aromatic nitrogens is 1. The Morgan fingerprint density at radius 2 is 2.14 bits per heavy atom. The Morgan fingerprint density at radius 1 is 1.27 bits per heavy atom. The van der Waals surface area contributed by atoms with Crippen LogP contribution >= 0.6 is 0 Å². The van der Waals surface area contributed by atoms with Crippen LogP contribution in [-0.2, 0) is 4.79 Å². The second-order valence-electron chi connectivity index (χ2n) is 6.71. The lowest BCUT2D eigenvalue weighted by Gasteiger charge is -2.32. The number of para-hydroxylation sites is 1. The molecular weight excluding hydrogens is 274 g/mol. The molecule has 0 bridgehead atoms. The summed E-state index contributed by atoms with van der Waals surface area (Å²) in [6.07, 6.45) is 6.85. The number of nitrogens with zero attached hydrogens (tertiary/aromatic N) is 1. The van der Waals surface area contributed by atoms with Crippen LogP contribution in [0, 0.1) is 0 Å². The molecule has 116 valence electrons. The van der Waals surface area contributed by atoms with Gasteiger partial charge in [-0.25, -0.2) is 0 Å². The molecular formula is C18H23N3O. The van der Waals surface area contributed by atoms with Gasteiger partial charge in [-0.05, 0) is 49.8 Å². The summed E-state index contributed by atoms with van der Waals surface area (Å²) in [5.74, 6) is 0.723. The van der Waals surface area contributed by atoms with Gasteiger partial charge < -0.3 is 10.3 Å². The van der Waals surface area contributed by atoms with Crippen LogP contribution in [0.25, 0.3) is 10.9 Å². The van der Waals surface area contributed by atoms with Gasteiger partial charge in [0.15, 0.2) is 0 Å². The van der Waals surface area contributed by atoms with E-state index in [0.29, 0.717) is 18.5 Å². The highest BCUT2D eigenvalue weighted by molar-refractivity contribution is 5.83. The predicted molar refractivity (Wildman–Crippen MR) is 87.9 cm³/mol. The van der Waals surface area contributed by atoms with Crippen molar-refractivity contribution in [3.05, 3.63) is 36.0 Å². The van der Waals surface area contributed by atoms with Gasteiger partial charge in [-0.3, -0.25) is 9.69 Å². The minimum absolute atomic E-state index is 0.196. The van der Waals surface area contributed by atoms with E-state index in [1.54, 1.807) is 0 Å². The third-order valence-corrected chi connectivity index (χ3v) is 4.88. The molecule has 4 rings (SSSR count). The Labute approximate surface area is 130 Å². The second kappa shape index (κ2) is 5.76. The molecule has 1 unspecified atom stereocenters. The molecule has 2 heterocycles. The van der Waals surface area contributed by atoms with Crippen molar-refractivity contribution in [1.29, 1.82) is 0 Å². The maximum absolute atomic E-state index is 12.0. The first-order chi connectivity index (χ1) is 10.8. The number of carbonyl (C=O) groups is 1. The summed E-state index contributed by atoms with van der Waals surface area (Å²) in [4.78, 5) is 17.7. The number of piperidine rings is 1. The van der Waals surface area contributed by atoms with Gasteiger partial charge in [-0.2, -0.15) is 0 Å². The summed E-state index contributed by atoms with van der Waals surface area (Å²) in [5.41, 5.74) is 2.61. The van der Waals surface area contributed by atoms with Crippen molar-refractivity contribution in [1.82, 2.24) is 15.2 Å². The first kappa shape index (κ1) is 13.8. The van der Waals surface area contributed by atoms with Gasteiger partial charge in [-0.1, -0.05) is 18.2 Å². The number of amides is 1. The number of hydrogen-bond acceptors (Lipinski definition) is 2. The number of rotatable bonds is 4.